The minimum atomic E-state index is -0.554. The molecule has 0 spiro atoms. The maximum absolute atomic E-state index is 12.8. The Balaban J connectivity index is 2.13. The van der Waals surface area contributed by atoms with Gasteiger partial charge in [0.15, 0.2) is 23.5 Å². The van der Waals surface area contributed by atoms with Crippen LogP contribution in [0.4, 0.5) is 0 Å². The van der Waals surface area contributed by atoms with E-state index in [0.717, 1.165) is 0 Å². The number of ether oxygens (including phenoxy) is 5. The van der Waals surface area contributed by atoms with Crippen LogP contribution in [0.25, 0.3) is 22.3 Å². The van der Waals surface area contributed by atoms with Crippen LogP contribution in [-0.4, -0.2) is 33.9 Å². The van der Waals surface area contributed by atoms with Gasteiger partial charge in [0.2, 0.25) is 0 Å². The monoisotopic (exact) mass is 412 g/mol. The number of benzene rings is 2. The van der Waals surface area contributed by atoms with Crippen molar-refractivity contribution in [2.75, 3.05) is 27.9 Å². The molecular formula is C22H20O8. The summed E-state index contributed by atoms with van der Waals surface area (Å²) in [5.41, 5.74) is 0.502. The standard InChI is InChI=1S/C22H20O8/c1-5-28-19-9-14(29-12-21(24)27-4)10-20-22(19)15(23)11-17(30-20)13-6-7-16(25-2)18(8-13)26-3/h5-11H,1,12H2,2-4H3. The molecule has 8 heteroatoms. The van der Waals surface area contributed by atoms with Crippen LogP contribution in [0, 0.1) is 0 Å². The molecule has 3 aromatic rings. The SMILES string of the molecule is C=COc1cc(OCC(=O)OC)cc2oc(-c3ccc(OC)c(OC)c3)cc(=O)c12. The van der Waals surface area contributed by atoms with E-state index >= 15 is 0 Å². The van der Waals surface area contributed by atoms with E-state index in [1.165, 1.54) is 45.8 Å². The smallest absolute Gasteiger partial charge is 0.343 e. The number of carbonyl (C=O) groups excluding carboxylic acids is 1. The number of rotatable bonds is 8. The van der Waals surface area contributed by atoms with Crippen molar-refractivity contribution in [2.45, 2.75) is 0 Å². The van der Waals surface area contributed by atoms with Gasteiger partial charge in [-0.3, -0.25) is 4.79 Å². The van der Waals surface area contributed by atoms with Crippen LogP contribution in [0.5, 0.6) is 23.0 Å². The molecule has 0 aliphatic rings. The van der Waals surface area contributed by atoms with Crippen LogP contribution in [-0.2, 0) is 9.53 Å². The van der Waals surface area contributed by atoms with Crippen LogP contribution in [0.15, 0.2) is 58.5 Å². The Hall–Kier alpha value is -3.94. The number of hydrogen-bond donors (Lipinski definition) is 0. The second-order valence-corrected chi connectivity index (χ2v) is 5.99. The summed E-state index contributed by atoms with van der Waals surface area (Å²) in [6.07, 6.45) is 1.18. The zero-order chi connectivity index (χ0) is 21.7. The summed E-state index contributed by atoms with van der Waals surface area (Å²) in [5, 5.41) is 0.213. The van der Waals surface area contributed by atoms with Crippen molar-refractivity contribution in [1.82, 2.24) is 0 Å². The molecule has 0 unspecified atom stereocenters. The molecule has 1 heterocycles. The molecule has 0 fully saturated rings. The van der Waals surface area contributed by atoms with Gasteiger partial charge >= 0.3 is 5.97 Å². The highest BCUT2D eigenvalue weighted by Gasteiger charge is 2.16. The van der Waals surface area contributed by atoms with Crippen molar-refractivity contribution >= 4 is 16.9 Å². The third-order valence-electron chi connectivity index (χ3n) is 4.23. The zero-order valence-electron chi connectivity index (χ0n) is 16.7. The molecule has 8 nitrogen and oxygen atoms in total. The van der Waals surface area contributed by atoms with E-state index in [2.05, 4.69) is 11.3 Å². The molecule has 3 rings (SSSR count). The molecule has 156 valence electrons. The molecule has 0 atom stereocenters. The maximum Gasteiger partial charge on any atom is 0.343 e. The minimum absolute atomic E-state index is 0.190. The first kappa shape index (κ1) is 20.8. The van der Waals surface area contributed by atoms with E-state index in [0.29, 0.717) is 22.8 Å². The molecule has 0 saturated carbocycles. The Labute approximate surface area is 172 Å². The summed E-state index contributed by atoms with van der Waals surface area (Å²) in [6, 6.07) is 9.47. The van der Waals surface area contributed by atoms with Crippen LogP contribution in [0.1, 0.15) is 0 Å². The summed E-state index contributed by atoms with van der Waals surface area (Å²) < 4.78 is 31.8. The fourth-order valence-corrected chi connectivity index (χ4v) is 2.83. The van der Waals surface area contributed by atoms with Crippen molar-refractivity contribution < 1.29 is 32.9 Å². The molecule has 0 radical (unpaired) electrons. The Morgan fingerprint density at radius 3 is 2.47 bits per heavy atom. The lowest BCUT2D eigenvalue weighted by Gasteiger charge is -2.12. The zero-order valence-corrected chi connectivity index (χ0v) is 16.7. The predicted octanol–water partition coefficient (Wildman–Crippen LogP) is 3.55. The van der Waals surface area contributed by atoms with Crippen molar-refractivity contribution in [3.63, 3.8) is 0 Å². The van der Waals surface area contributed by atoms with Gasteiger partial charge < -0.3 is 28.1 Å². The Bertz CT molecular complexity index is 1150. The van der Waals surface area contributed by atoms with E-state index in [4.69, 9.17) is 23.4 Å². The van der Waals surface area contributed by atoms with Gasteiger partial charge in [-0.25, -0.2) is 4.79 Å². The van der Waals surface area contributed by atoms with Crippen molar-refractivity contribution in [3.05, 3.63) is 59.5 Å². The predicted molar refractivity (Wildman–Crippen MR) is 109 cm³/mol. The summed E-state index contributed by atoms with van der Waals surface area (Å²) in [6.45, 7) is 3.20. The number of esters is 1. The molecule has 0 aliphatic heterocycles. The molecule has 0 amide bonds. The quantitative estimate of drug-likeness (QED) is 0.410. The number of carbonyl (C=O) groups is 1. The van der Waals surface area contributed by atoms with Crippen molar-refractivity contribution in [3.8, 4) is 34.3 Å². The molecule has 2 aromatic carbocycles. The van der Waals surface area contributed by atoms with E-state index in [-0.39, 0.29) is 34.5 Å². The summed E-state index contributed by atoms with van der Waals surface area (Å²) in [5.74, 6) is 1.24. The lowest BCUT2D eigenvalue weighted by Crippen LogP contribution is -2.12. The normalized spacial score (nSPS) is 10.4. The summed E-state index contributed by atoms with van der Waals surface area (Å²) in [4.78, 5) is 24.2. The third-order valence-corrected chi connectivity index (χ3v) is 4.23. The second kappa shape index (κ2) is 9.04. The average molecular weight is 412 g/mol. The van der Waals surface area contributed by atoms with Gasteiger partial charge in [0, 0.05) is 23.8 Å². The largest absolute Gasteiger partial charge is 0.493 e. The minimum Gasteiger partial charge on any atom is -0.493 e. The topological polar surface area (TPSA) is 93.4 Å². The number of hydrogen-bond acceptors (Lipinski definition) is 8. The van der Waals surface area contributed by atoms with Gasteiger partial charge in [-0.15, -0.1) is 0 Å². The van der Waals surface area contributed by atoms with Crippen LogP contribution in [0.2, 0.25) is 0 Å². The highest BCUT2D eigenvalue weighted by atomic mass is 16.6. The molecule has 30 heavy (non-hydrogen) atoms. The molecule has 1 aromatic heterocycles. The summed E-state index contributed by atoms with van der Waals surface area (Å²) >= 11 is 0. The highest BCUT2D eigenvalue weighted by molar-refractivity contribution is 5.86. The molecule has 0 N–H and O–H groups in total. The first-order valence-corrected chi connectivity index (χ1v) is 8.82. The maximum atomic E-state index is 12.8. The van der Waals surface area contributed by atoms with Gasteiger partial charge in [0.05, 0.1) is 27.6 Å². The van der Waals surface area contributed by atoms with E-state index in [1.54, 1.807) is 18.2 Å². The van der Waals surface area contributed by atoms with Gasteiger partial charge in [-0.05, 0) is 18.2 Å². The van der Waals surface area contributed by atoms with Gasteiger partial charge in [0.25, 0.3) is 0 Å². The molecule has 0 aliphatic carbocycles. The second-order valence-electron chi connectivity index (χ2n) is 5.99. The fourth-order valence-electron chi connectivity index (χ4n) is 2.83. The summed E-state index contributed by atoms with van der Waals surface area (Å²) in [7, 11) is 4.31. The Morgan fingerprint density at radius 1 is 1.03 bits per heavy atom. The van der Waals surface area contributed by atoms with Crippen LogP contribution >= 0.6 is 0 Å². The van der Waals surface area contributed by atoms with E-state index in [9.17, 15) is 9.59 Å². The Morgan fingerprint density at radius 2 is 1.80 bits per heavy atom. The average Bonchev–Trinajstić information content (AvgIpc) is 2.76. The lowest BCUT2D eigenvalue weighted by atomic mass is 10.1. The van der Waals surface area contributed by atoms with Gasteiger partial charge in [-0.1, -0.05) is 6.58 Å². The van der Waals surface area contributed by atoms with Gasteiger partial charge in [0.1, 0.15) is 28.2 Å². The number of fused-ring (bicyclic) bond motifs is 1. The molecule has 0 bridgehead atoms. The van der Waals surface area contributed by atoms with Crippen molar-refractivity contribution in [2.24, 2.45) is 0 Å². The molecular weight excluding hydrogens is 392 g/mol. The molecule has 0 saturated heterocycles. The van der Waals surface area contributed by atoms with Crippen molar-refractivity contribution in [1.29, 1.82) is 0 Å². The third kappa shape index (κ3) is 4.22. The Kier molecular flexibility index (Phi) is 6.26. The van der Waals surface area contributed by atoms with Gasteiger partial charge in [-0.2, -0.15) is 0 Å². The van der Waals surface area contributed by atoms with Crippen LogP contribution < -0.4 is 24.4 Å². The van der Waals surface area contributed by atoms with E-state index < -0.39 is 5.97 Å². The highest BCUT2D eigenvalue weighted by Crippen LogP contribution is 2.35. The first-order valence-electron chi connectivity index (χ1n) is 8.82. The first-order chi connectivity index (χ1) is 14.5. The number of methoxy groups -OCH3 is 3. The fraction of sp³-hybridized carbons (Fsp3) is 0.182. The van der Waals surface area contributed by atoms with E-state index in [1.807, 2.05) is 0 Å². The lowest BCUT2D eigenvalue weighted by molar-refractivity contribution is -0.142. The van der Waals surface area contributed by atoms with Crippen LogP contribution in [0.3, 0.4) is 0 Å².